The van der Waals surface area contributed by atoms with Crippen molar-refractivity contribution >= 4 is 23.4 Å². The zero-order chi connectivity index (χ0) is 27.0. The van der Waals surface area contributed by atoms with E-state index < -0.39 is 17.3 Å². The number of rotatable bonds is 7. The van der Waals surface area contributed by atoms with Crippen molar-refractivity contribution in [3.8, 4) is 16.8 Å². The van der Waals surface area contributed by atoms with Crippen LogP contribution in [0.5, 0.6) is 0 Å². The van der Waals surface area contributed by atoms with Crippen molar-refractivity contribution in [2.45, 2.75) is 50.3 Å². The Morgan fingerprint density at radius 1 is 0.946 bits per heavy atom. The zero-order valence-electron chi connectivity index (χ0n) is 21.0. The van der Waals surface area contributed by atoms with E-state index in [4.69, 9.17) is 11.6 Å². The lowest BCUT2D eigenvalue weighted by Gasteiger charge is -2.14. The van der Waals surface area contributed by atoms with Crippen LogP contribution in [-0.2, 0) is 24.6 Å². The van der Waals surface area contributed by atoms with Gasteiger partial charge in [0.1, 0.15) is 11.4 Å². The Bertz CT molecular complexity index is 1410. The van der Waals surface area contributed by atoms with Crippen LogP contribution in [0.1, 0.15) is 49.0 Å². The Morgan fingerprint density at radius 2 is 1.62 bits per heavy atom. The van der Waals surface area contributed by atoms with Gasteiger partial charge in [-0.1, -0.05) is 42.8 Å². The Labute approximate surface area is 224 Å². The minimum Gasteiger partial charge on any atom is -0.384 e. The maximum Gasteiger partial charge on any atom is 0.416 e. The van der Waals surface area contributed by atoms with E-state index >= 15 is 0 Å². The number of aliphatic hydroxyl groups is 1. The van der Waals surface area contributed by atoms with Gasteiger partial charge in [-0.3, -0.25) is 0 Å². The van der Waals surface area contributed by atoms with Crippen LogP contribution in [0, 0.1) is 0 Å². The molecule has 3 aromatic carbocycles. The van der Waals surface area contributed by atoms with E-state index in [-0.39, 0.29) is 17.0 Å². The number of benzene rings is 3. The lowest BCUT2D eigenvalue weighted by molar-refractivity contribution is -0.138. The van der Waals surface area contributed by atoms with Crippen molar-refractivity contribution in [2.24, 2.45) is 0 Å². The minimum atomic E-state index is -4.53. The molecule has 0 aliphatic heterocycles. The molecular formula is C29H28ClF3N2OS. The fourth-order valence-corrected chi connectivity index (χ4v) is 5.16. The number of hydrogen-bond donors (Lipinski definition) is 1. The quantitative estimate of drug-likeness (QED) is 0.238. The summed E-state index contributed by atoms with van der Waals surface area (Å²) in [6.07, 6.45) is 0.0607. The predicted octanol–water partition coefficient (Wildman–Crippen LogP) is 8.31. The first-order valence-corrected chi connectivity index (χ1v) is 13.5. The average Bonchev–Trinajstić information content (AvgIpc) is 3.27. The van der Waals surface area contributed by atoms with E-state index in [9.17, 15) is 18.3 Å². The Kier molecular flexibility index (Phi) is 7.79. The van der Waals surface area contributed by atoms with E-state index in [1.54, 1.807) is 36.4 Å². The van der Waals surface area contributed by atoms with Gasteiger partial charge in [0, 0.05) is 28.2 Å². The SMILES string of the molecule is CCc1ccc(-c2ccc(-n3cc(C(C)(C)O)nc3Cc3cc(Cl)ccc3C(F)(F)F)cc2)cc1SC. The minimum absolute atomic E-state index is 0.0198. The van der Waals surface area contributed by atoms with Crippen LogP contribution in [0.2, 0.25) is 5.02 Å². The molecule has 1 N–H and O–H groups in total. The standard InChI is InChI=1S/C29H28ClF3N2OS/c1-5-18-6-7-20(15-25(18)37-4)19-8-11-23(12-9-19)35-17-26(28(2,3)36)34-27(35)16-21-14-22(30)10-13-24(21)29(31,32)33/h6-15,17,36H,5,16H2,1-4H3. The zero-order valence-corrected chi connectivity index (χ0v) is 22.6. The number of alkyl halides is 3. The average molecular weight is 545 g/mol. The maximum atomic E-state index is 13.7. The molecule has 4 aromatic rings. The van der Waals surface area contributed by atoms with Crippen molar-refractivity contribution in [1.29, 1.82) is 0 Å². The molecule has 1 aromatic heterocycles. The summed E-state index contributed by atoms with van der Waals surface area (Å²) in [6.45, 7) is 5.32. The van der Waals surface area contributed by atoms with E-state index in [2.05, 4.69) is 36.4 Å². The monoisotopic (exact) mass is 544 g/mol. The molecular weight excluding hydrogens is 517 g/mol. The van der Waals surface area contributed by atoms with Crippen molar-refractivity contribution in [3.63, 3.8) is 0 Å². The van der Waals surface area contributed by atoms with Crippen molar-refractivity contribution in [1.82, 2.24) is 9.55 Å². The van der Waals surface area contributed by atoms with Crippen molar-refractivity contribution in [2.75, 3.05) is 6.26 Å². The van der Waals surface area contributed by atoms with E-state index in [1.807, 2.05) is 24.3 Å². The fraction of sp³-hybridized carbons (Fsp3) is 0.276. The summed E-state index contributed by atoms with van der Waals surface area (Å²) >= 11 is 7.76. The number of aromatic nitrogens is 2. The molecule has 0 aliphatic carbocycles. The molecule has 37 heavy (non-hydrogen) atoms. The maximum absolute atomic E-state index is 13.7. The molecule has 0 spiro atoms. The van der Waals surface area contributed by atoms with Crippen LogP contribution in [0.4, 0.5) is 13.2 Å². The summed E-state index contributed by atoms with van der Waals surface area (Å²) in [5.74, 6) is 0.370. The van der Waals surface area contributed by atoms with Gasteiger partial charge >= 0.3 is 6.18 Å². The molecule has 0 unspecified atom stereocenters. The van der Waals surface area contributed by atoms with Gasteiger partial charge in [-0.15, -0.1) is 11.8 Å². The third-order valence-electron chi connectivity index (χ3n) is 6.27. The van der Waals surface area contributed by atoms with Gasteiger partial charge in [-0.05, 0) is 85.2 Å². The second-order valence-electron chi connectivity index (χ2n) is 9.37. The third kappa shape index (κ3) is 6.06. The van der Waals surface area contributed by atoms with Crippen LogP contribution < -0.4 is 0 Å². The van der Waals surface area contributed by atoms with Crippen molar-refractivity contribution in [3.05, 3.63) is 100 Å². The molecule has 0 saturated carbocycles. The Balaban J connectivity index is 1.75. The van der Waals surface area contributed by atoms with Gasteiger partial charge in [0.25, 0.3) is 0 Å². The molecule has 4 rings (SSSR count). The summed E-state index contributed by atoms with van der Waals surface area (Å²) in [5.41, 5.74) is 2.50. The number of nitrogens with zero attached hydrogens (tertiary/aromatic N) is 2. The lowest BCUT2D eigenvalue weighted by atomic mass is 10.0. The first kappa shape index (κ1) is 27.3. The van der Waals surface area contributed by atoms with E-state index in [1.165, 1.54) is 22.6 Å². The van der Waals surface area contributed by atoms with Crippen LogP contribution in [0.25, 0.3) is 16.8 Å². The van der Waals surface area contributed by atoms with Crippen molar-refractivity contribution < 1.29 is 18.3 Å². The Morgan fingerprint density at radius 3 is 2.22 bits per heavy atom. The second kappa shape index (κ2) is 10.6. The summed E-state index contributed by atoms with van der Waals surface area (Å²) in [7, 11) is 0. The van der Waals surface area contributed by atoms with Crippen LogP contribution >= 0.6 is 23.4 Å². The highest BCUT2D eigenvalue weighted by Gasteiger charge is 2.34. The number of imidazole rings is 1. The topological polar surface area (TPSA) is 38.0 Å². The molecule has 0 atom stereocenters. The molecule has 1 heterocycles. The smallest absolute Gasteiger partial charge is 0.384 e. The normalized spacial score (nSPS) is 12.2. The summed E-state index contributed by atoms with van der Waals surface area (Å²) < 4.78 is 42.8. The largest absolute Gasteiger partial charge is 0.416 e. The van der Waals surface area contributed by atoms with Gasteiger partial charge in [0.15, 0.2) is 0 Å². The molecule has 0 aliphatic rings. The highest BCUT2D eigenvalue weighted by atomic mass is 35.5. The van der Waals surface area contributed by atoms with Gasteiger partial charge in [0.2, 0.25) is 0 Å². The molecule has 0 amide bonds. The highest BCUT2D eigenvalue weighted by molar-refractivity contribution is 7.98. The van der Waals surface area contributed by atoms with E-state index in [0.29, 0.717) is 11.5 Å². The highest BCUT2D eigenvalue weighted by Crippen LogP contribution is 2.35. The van der Waals surface area contributed by atoms with Crippen LogP contribution in [-0.4, -0.2) is 20.9 Å². The van der Waals surface area contributed by atoms with Gasteiger partial charge in [-0.25, -0.2) is 4.98 Å². The number of thioether (sulfide) groups is 1. The number of halogens is 4. The van der Waals surface area contributed by atoms with Crippen LogP contribution in [0.15, 0.2) is 71.8 Å². The lowest BCUT2D eigenvalue weighted by Crippen LogP contribution is -2.16. The summed E-state index contributed by atoms with van der Waals surface area (Å²) in [6, 6.07) is 17.7. The predicted molar refractivity (Wildman–Crippen MR) is 145 cm³/mol. The molecule has 0 saturated heterocycles. The fourth-order valence-electron chi connectivity index (χ4n) is 4.25. The second-order valence-corrected chi connectivity index (χ2v) is 10.7. The molecule has 0 fully saturated rings. The first-order chi connectivity index (χ1) is 17.4. The van der Waals surface area contributed by atoms with Gasteiger partial charge in [-0.2, -0.15) is 13.2 Å². The van der Waals surface area contributed by atoms with Gasteiger partial charge in [0.05, 0.1) is 11.3 Å². The molecule has 0 radical (unpaired) electrons. The molecule has 0 bridgehead atoms. The summed E-state index contributed by atoms with van der Waals surface area (Å²) in [4.78, 5) is 5.76. The third-order valence-corrected chi connectivity index (χ3v) is 7.33. The molecule has 3 nitrogen and oxygen atoms in total. The first-order valence-electron chi connectivity index (χ1n) is 11.8. The summed E-state index contributed by atoms with van der Waals surface area (Å²) in [5, 5.41) is 10.8. The van der Waals surface area contributed by atoms with Gasteiger partial charge < -0.3 is 9.67 Å². The number of aryl methyl sites for hydroxylation is 1. The van der Waals surface area contributed by atoms with Crippen LogP contribution in [0.3, 0.4) is 0 Å². The molecule has 8 heteroatoms. The Hall–Kier alpha value is -2.74. The van der Waals surface area contributed by atoms with E-state index in [0.717, 1.165) is 29.3 Å². The molecule has 194 valence electrons. The number of hydrogen-bond acceptors (Lipinski definition) is 3.